The highest BCUT2D eigenvalue weighted by atomic mass is 32.1. The molecule has 0 aliphatic rings. The van der Waals surface area contributed by atoms with Crippen molar-refractivity contribution in [3.05, 3.63) is 57.8 Å². The largest absolute Gasteiger partial charge is 0.399 e. The van der Waals surface area contributed by atoms with Crippen LogP contribution in [-0.4, -0.2) is 5.78 Å². The van der Waals surface area contributed by atoms with E-state index in [1.165, 1.54) is 11.3 Å². The minimum absolute atomic E-state index is 0.0416. The maximum atomic E-state index is 11.8. The predicted molar refractivity (Wildman–Crippen MR) is 73.3 cm³/mol. The minimum atomic E-state index is 0.0416. The van der Waals surface area contributed by atoms with Crippen molar-refractivity contribution < 1.29 is 4.79 Å². The Morgan fingerprint density at radius 3 is 2.47 bits per heavy atom. The lowest BCUT2D eigenvalue weighted by Gasteiger charge is -1.94. The lowest BCUT2D eigenvalue weighted by atomic mass is 10.1. The number of hydrogen-bond donors (Lipinski definition) is 1. The van der Waals surface area contributed by atoms with E-state index in [2.05, 4.69) is 0 Å². The third-order valence-electron chi connectivity index (χ3n) is 2.35. The SMILES string of the molecule is Cc1ccc(C(=O)/C=C/c2ccc(N)cc2)s1. The zero-order chi connectivity index (χ0) is 12.3. The summed E-state index contributed by atoms with van der Waals surface area (Å²) in [6.45, 7) is 1.99. The highest BCUT2D eigenvalue weighted by Crippen LogP contribution is 2.16. The van der Waals surface area contributed by atoms with E-state index in [0.717, 1.165) is 21.0 Å². The molecule has 1 aromatic carbocycles. The second-order valence-corrected chi connectivity index (χ2v) is 5.06. The van der Waals surface area contributed by atoms with Gasteiger partial charge in [-0.05, 0) is 42.8 Å². The first-order valence-corrected chi connectivity index (χ1v) is 6.11. The molecule has 2 aromatic rings. The third-order valence-corrected chi connectivity index (χ3v) is 3.36. The molecule has 0 saturated carbocycles. The van der Waals surface area contributed by atoms with Crippen molar-refractivity contribution in [1.82, 2.24) is 0 Å². The number of benzene rings is 1. The third kappa shape index (κ3) is 3.04. The molecule has 2 N–H and O–H groups in total. The Morgan fingerprint density at radius 1 is 1.18 bits per heavy atom. The van der Waals surface area contributed by atoms with Gasteiger partial charge in [0.05, 0.1) is 4.88 Å². The van der Waals surface area contributed by atoms with Crippen LogP contribution >= 0.6 is 11.3 Å². The summed E-state index contributed by atoms with van der Waals surface area (Å²) in [7, 11) is 0. The molecule has 1 heterocycles. The van der Waals surface area contributed by atoms with Crippen molar-refractivity contribution in [3.8, 4) is 0 Å². The highest BCUT2D eigenvalue weighted by molar-refractivity contribution is 7.14. The van der Waals surface area contributed by atoms with Crippen LogP contribution in [0, 0.1) is 6.92 Å². The molecule has 0 saturated heterocycles. The summed E-state index contributed by atoms with van der Waals surface area (Å²) in [5.41, 5.74) is 7.28. The quantitative estimate of drug-likeness (QED) is 0.509. The van der Waals surface area contributed by atoms with Crippen LogP contribution in [0.2, 0.25) is 0 Å². The fourth-order valence-corrected chi connectivity index (χ4v) is 2.22. The van der Waals surface area contributed by atoms with Crippen molar-refractivity contribution in [1.29, 1.82) is 0 Å². The standard InChI is InChI=1S/C14H13NOS/c1-10-2-9-14(17-10)13(16)8-5-11-3-6-12(15)7-4-11/h2-9H,15H2,1H3/b8-5+. The van der Waals surface area contributed by atoms with Gasteiger partial charge in [-0.25, -0.2) is 0 Å². The van der Waals surface area contributed by atoms with Gasteiger partial charge in [-0.15, -0.1) is 11.3 Å². The number of allylic oxidation sites excluding steroid dienone is 1. The molecular weight excluding hydrogens is 230 g/mol. The zero-order valence-electron chi connectivity index (χ0n) is 9.51. The van der Waals surface area contributed by atoms with E-state index in [9.17, 15) is 4.79 Å². The second kappa shape index (κ2) is 4.97. The summed E-state index contributed by atoms with van der Waals surface area (Å²) in [6.07, 6.45) is 3.40. The lowest BCUT2D eigenvalue weighted by molar-refractivity contribution is 0.105. The Hall–Kier alpha value is -1.87. The van der Waals surface area contributed by atoms with Crippen LogP contribution in [0.1, 0.15) is 20.1 Å². The van der Waals surface area contributed by atoms with Gasteiger partial charge in [0.1, 0.15) is 0 Å². The fourth-order valence-electron chi connectivity index (χ4n) is 1.43. The number of nitrogen functional groups attached to an aromatic ring is 1. The van der Waals surface area contributed by atoms with Crippen LogP contribution < -0.4 is 5.73 Å². The smallest absolute Gasteiger partial charge is 0.195 e. The summed E-state index contributed by atoms with van der Waals surface area (Å²) >= 11 is 1.51. The molecule has 0 spiro atoms. The zero-order valence-corrected chi connectivity index (χ0v) is 10.3. The molecule has 3 heteroatoms. The number of rotatable bonds is 3. The molecule has 2 nitrogen and oxygen atoms in total. The molecule has 0 unspecified atom stereocenters. The average Bonchev–Trinajstić information content (AvgIpc) is 2.75. The Kier molecular flexibility index (Phi) is 3.40. The van der Waals surface area contributed by atoms with E-state index in [1.807, 2.05) is 43.3 Å². The summed E-state index contributed by atoms with van der Waals surface area (Å²) in [6, 6.07) is 11.2. The number of nitrogens with two attached hydrogens (primary N) is 1. The van der Waals surface area contributed by atoms with Crippen molar-refractivity contribution in [2.45, 2.75) is 6.92 Å². The van der Waals surface area contributed by atoms with Crippen molar-refractivity contribution in [2.75, 3.05) is 5.73 Å². The van der Waals surface area contributed by atoms with Gasteiger partial charge in [0, 0.05) is 10.6 Å². The number of aryl methyl sites for hydroxylation is 1. The first kappa shape index (κ1) is 11.6. The van der Waals surface area contributed by atoms with E-state index < -0.39 is 0 Å². The molecule has 17 heavy (non-hydrogen) atoms. The van der Waals surface area contributed by atoms with Crippen molar-refractivity contribution in [3.63, 3.8) is 0 Å². The number of carbonyl (C=O) groups is 1. The van der Waals surface area contributed by atoms with Gasteiger partial charge < -0.3 is 5.73 Å². The van der Waals surface area contributed by atoms with Gasteiger partial charge in [-0.1, -0.05) is 18.2 Å². The van der Waals surface area contributed by atoms with Crippen LogP contribution in [0.25, 0.3) is 6.08 Å². The first-order chi connectivity index (χ1) is 8.15. The Labute approximate surface area is 104 Å². The Morgan fingerprint density at radius 2 is 1.88 bits per heavy atom. The van der Waals surface area contributed by atoms with Crippen molar-refractivity contribution >= 4 is 28.9 Å². The Balaban J connectivity index is 2.10. The number of hydrogen-bond acceptors (Lipinski definition) is 3. The number of anilines is 1. The maximum Gasteiger partial charge on any atom is 0.195 e. The number of carbonyl (C=O) groups excluding carboxylic acids is 1. The molecule has 0 aliphatic heterocycles. The van der Waals surface area contributed by atoms with E-state index in [4.69, 9.17) is 5.73 Å². The summed E-state index contributed by atoms with van der Waals surface area (Å²) < 4.78 is 0. The van der Waals surface area contributed by atoms with Crippen LogP contribution in [0.4, 0.5) is 5.69 Å². The lowest BCUT2D eigenvalue weighted by Crippen LogP contribution is -1.89. The van der Waals surface area contributed by atoms with Crippen LogP contribution in [0.3, 0.4) is 0 Å². The predicted octanol–water partition coefficient (Wildman–Crippen LogP) is 3.53. The van der Waals surface area contributed by atoms with Gasteiger partial charge in [0.2, 0.25) is 0 Å². The normalized spacial score (nSPS) is 10.9. The van der Waals surface area contributed by atoms with Crippen molar-refractivity contribution in [2.24, 2.45) is 0 Å². The molecule has 0 amide bonds. The first-order valence-electron chi connectivity index (χ1n) is 5.29. The molecule has 0 radical (unpaired) electrons. The van der Waals surface area contributed by atoms with E-state index >= 15 is 0 Å². The minimum Gasteiger partial charge on any atom is -0.399 e. The fraction of sp³-hybridized carbons (Fsp3) is 0.0714. The van der Waals surface area contributed by atoms with Gasteiger partial charge in [-0.3, -0.25) is 4.79 Å². The highest BCUT2D eigenvalue weighted by Gasteiger charge is 2.03. The van der Waals surface area contributed by atoms with Gasteiger partial charge in [0.15, 0.2) is 5.78 Å². The van der Waals surface area contributed by atoms with Gasteiger partial charge in [0.25, 0.3) is 0 Å². The molecule has 0 bridgehead atoms. The molecule has 0 aliphatic carbocycles. The maximum absolute atomic E-state index is 11.8. The molecule has 86 valence electrons. The van der Waals surface area contributed by atoms with Gasteiger partial charge >= 0.3 is 0 Å². The summed E-state index contributed by atoms with van der Waals surface area (Å²) in [4.78, 5) is 13.7. The number of thiophene rings is 1. The molecule has 0 fully saturated rings. The Bertz CT molecular complexity index is 552. The van der Waals surface area contributed by atoms with E-state index in [1.54, 1.807) is 12.2 Å². The van der Waals surface area contributed by atoms with Crippen LogP contribution in [0.15, 0.2) is 42.5 Å². The van der Waals surface area contributed by atoms with Gasteiger partial charge in [-0.2, -0.15) is 0 Å². The topological polar surface area (TPSA) is 43.1 Å². The second-order valence-electron chi connectivity index (χ2n) is 3.77. The molecular formula is C14H13NOS. The molecule has 0 atom stereocenters. The molecule has 1 aromatic heterocycles. The van der Waals surface area contributed by atoms with Crippen LogP contribution in [0.5, 0.6) is 0 Å². The van der Waals surface area contributed by atoms with Crippen LogP contribution in [-0.2, 0) is 0 Å². The molecule has 2 rings (SSSR count). The number of ketones is 1. The summed E-state index contributed by atoms with van der Waals surface area (Å²) in [5, 5.41) is 0. The average molecular weight is 243 g/mol. The monoisotopic (exact) mass is 243 g/mol. The van der Waals surface area contributed by atoms with E-state index in [0.29, 0.717) is 0 Å². The summed E-state index contributed by atoms with van der Waals surface area (Å²) in [5.74, 6) is 0.0416. The van der Waals surface area contributed by atoms with E-state index in [-0.39, 0.29) is 5.78 Å².